The van der Waals surface area contributed by atoms with E-state index in [0.29, 0.717) is 18.0 Å². The number of hydrogen-bond acceptors (Lipinski definition) is 4. The quantitative estimate of drug-likeness (QED) is 0.532. The maximum Gasteiger partial charge on any atom is 0.327 e. The summed E-state index contributed by atoms with van der Waals surface area (Å²) in [6.07, 6.45) is 7.95. The van der Waals surface area contributed by atoms with Crippen LogP contribution < -0.4 is 5.69 Å². The first-order chi connectivity index (χ1) is 14.5. The van der Waals surface area contributed by atoms with Crippen LogP contribution >= 0.6 is 0 Å². The SMILES string of the molecule is Cc1c(C(=O)CC2CCn3ccnc3C2)cccc1-c1cnc2[nH]c(=O)n(C)c2c1. The summed E-state index contributed by atoms with van der Waals surface area (Å²) in [4.78, 5) is 36.5. The van der Waals surface area contributed by atoms with E-state index in [1.807, 2.05) is 43.6 Å². The van der Waals surface area contributed by atoms with Gasteiger partial charge in [-0.3, -0.25) is 14.3 Å². The van der Waals surface area contributed by atoms with Gasteiger partial charge in [0, 0.05) is 56.2 Å². The Morgan fingerprint density at radius 1 is 1.30 bits per heavy atom. The molecule has 0 fully saturated rings. The Bertz CT molecular complexity index is 1330. The van der Waals surface area contributed by atoms with Gasteiger partial charge in [0.25, 0.3) is 0 Å². The van der Waals surface area contributed by atoms with Gasteiger partial charge < -0.3 is 4.57 Å². The fourth-order valence-corrected chi connectivity index (χ4v) is 4.46. The molecule has 1 atom stereocenters. The molecule has 0 saturated carbocycles. The lowest BCUT2D eigenvalue weighted by Crippen LogP contribution is -2.22. The summed E-state index contributed by atoms with van der Waals surface area (Å²) in [6, 6.07) is 7.77. The van der Waals surface area contributed by atoms with Gasteiger partial charge in [-0.05, 0) is 36.5 Å². The highest BCUT2D eigenvalue weighted by atomic mass is 16.1. The average Bonchev–Trinajstić information content (AvgIpc) is 3.32. The van der Waals surface area contributed by atoms with Crippen LogP contribution in [0.1, 0.15) is 34.6 Å². The smallest absolute Gasteiger partial charge is 0.327 e. The minimum Gasteiger partial charge on any atom is -0.335 e. The minimum atomic E-state index is -0.191. The van der Waals surface area contributed by atoms with E-state index in [9.17, 15) is 9.59 Å². The van der Waals surface area contributed by atoms with Gasteiger partial charge in [0.15, 0.2) is 11.4 Å². The van der Waals surface area contributed by atoms with Gasteiger partial charge in [0.1, 0.15) is 5.82 Å². The van der Waals surface area contributed by atoms with Gasteiger partial charge in [-0.2, -0.15) is 0 Å². The first-order valence-corrected chi connectivity index (χ1v) is 10.2. The van der Waals surface area contributed by atoms with Gasteiger partial charge in [-0.15, -0.1) is 0 Å². The Balaban J connectivity index is 1.44. The number of hydrogen-bond donors (Lipinski definition) is 1. The summed E-state index contributed by atoms with van der Waals surface area (Å²) >= 11 is 0. The lowest BCUT2D eigenvalue weighted by atomic mass is 9.87. The standard InChI is InChI=1S/C23H23N5O2/c1-14-17(16-12-19-22(25-13-16)26-23(30)27(19)2)4-3-5-18(14)20(29)10-15-6-8-28-9-7-24-21(28)11-15/h3-5,7,9,12-13,15H,6,8,10-11H2,1-2H3,(H,25,26,30). The number of aromatic amines is 1. The highest BCUT2D eigenvalue weighted by molar-refractivity contribution is 5.99. The molecule has 30 heavy (non-hydrogen) atoms. The van der Waals surface area contributed by atoms with Crippen molar-refractivity contribution < 1.29 is 4.79 Å². The fourth-order valence-electron chi connectivity index (χ4n) is 4.46. The number of nitrogens with zero attached hydrogens (tertiary/aromatic N) is 4. The second kappa shape index (κ2) is 7.09. The van der Waals surface area contributed by atoms with Gasteiger partial charge in [0.2, 0.25) is 0 Å². The number of fused-ring (bicyclic) bond motifs is 2. The van der Waals surface area contributed by atoms with Crippen LogP contribution in [-0.2, 0) is 20.0 Å². The van der Waals surface area contributed by atoms with Crippen LogP contribution in [0.15, 0.2) is 47.7 Å². The van der Waals surface area contributed by atoms with Crippen LogP contribution in [0, 0.1) is 12.8 Å². The normalized spacial score (nSPS) is 16.0. The summed E-state index contributed by atoms with van der Waals surface area (Å²) in [5.41, 5.74) is 4.67. The van der Waals surface area contributed by atoms with Crippen LogP contribution in [0.2, 0.25) is 0 Å². The number of aromatic nitrogens is 5. The molecule has 0 amide bonds. The van der Waals surface area contributed by atoms with E-state index in [1.165, 1.54) is 0 Å². The van der Waals surface area contributed by atoms with Crippen molar-refractivity contribution in [1.29, 1.82) is 0 Å². The third-order valence-corrected chi connectivity index (χ3v) is 6.23. The largest absolute Gasteiger partial charge is 0.335 e. The van der Waals surface area contributed by atoms with E-state index in [4.69, 9.17) is 0 Å². The van der Waals surface area contributed by atoms with Crippen molar-refractivity contribution in [2.24, 2.45) is 13.0 Å². The lowest BCUT2D eigenvalue weighted by molar-refractivity contribution is 0.0953. The van der Waals surface area contributed by atoms with Crippen LogP contribution in [-0.4, -0.2) is 29.9 Å². The zero-order chi connectivity index (χ0) is 20.8. The lowest BCUT2D eigenvalue weighted by Gasteiger charge is -2.23. The molecule has 0 radical (unpaired) electrons. The molecule has 0 spiro atoms. The monoisotopic (exact) mass is 401 g/mol. The number of pyridine rings is 1. The number of benzene rings is 1. The molecule has 152 valence electrons. The summed E-state index contributed by atoms with van der Waals surface area (Å²) in [5, 5.41) is 0. The van der Waals surface area contributed by atoms with Crippen LogP contribution in [0.3, 0.4) is 0 Å². The van der Waals surface area contributed by atoms with Crippen molar-refractivity contribution in [3.8, 4) is 11.1 Å². The summed E-state index contributed by atoms with van der Waals surface area (Å²) in [5.74, 6) is 1.56. The molecule has 1 aliphatic heterocycles. The number of aryl methyl sites for hydroxylation is 2. The topological polar surface area (TPSA) is 85.6 Å². The van der Waals surface area contributed by atoms with Crippen LogP contribution in [0.25, 0.3) is 22.3 Å². The van der Waals surface area contributed by atoms with Crippen molar-refractivity contribution in [1.82, 2.24) is 24.1 Å². The molecule has 7 heteroatoms. The highest BCUT2D eigenvalue weighted by Crippen LogP contribution is 2.29. The minimum absolute atomic E-state index is 0.169. The van der Waals surface area contributed by atoms with E-state index in [2.05, 4.69) is 19.5 Å². The number of nitrogens with one attached hydrogen (secondary N) is 1. The van der Waals surface area contributed by atoms with Gasteiger partial charge >= 0.3 is 5.69 Å². The predicted octanol–water partition coefficient (Wildman–Crippen LogP) is 3.27. The molecule has 1 aliphatic rings. The zero-order valence-corrected chi connectivity index (χ0v) is 17.1. The van der Waals surface area contributed by atoms with Crippen molar-refractivity contribution >= 4 is 16.9 Å². The molecule has 0 saturated heterocycles. The van der Waals surface area contributed by atoms with E-state index < -0.39 is 0 Å². The molecule has 0 bridgehead atoms. The van der Waals surface area contributed by atoms with Crippen LogP contribution in [0.4, 0.5) is 0 Å². The number of Topliss-reactive ketones (excluding diaryl/α,β-unsaturated/α-hetero) is 1. The van der Waals surface area contributed by atoms with E-state index in [0.717, 1.165) is 53.0 Å². The van der Waals surface area contributed by atoms with Crippen molar-refractivity contribution in [2.75, 3.05) is 0 Å². The Morgan fingerprint density at radius 3 is 3.03 bits per heavy atom. The number of rotatable bonds is 4. The number of H-pyrrole nitrogens is 1. The Hall–Kier alpha value is -3.48. The van der Waals surface area contributed by atoms with Gasteiger partial charge in [-0.25, -0.2) is 14.8 Å². The Labute approximate surface area is 173 Å². The predicted molar refractivity (Wildman–Crippen MR) is 114 cm³/mol. The Kier molecular flexibility index (Phi) is 4.38. The van der Waals surface area contributed by atoms with Gasteiger partial charge in [-0.1, -0.05) is 18.2 Å². The molecule has 4 heterocycles. The molecule has 1 aromatic carbocycles. The molecule has 1 unspecified atom stereocenters. The van der Waals surface area contributed by atoms with Gasteiger partial charge in [0.05, 0.1) is 5.52 Å². The Morgan fingerprint density at radius 2 is 2.17 bits per heavy atom. The summed E-state index contributed by atoms with van der Waals surface area (Å²) in [7, 11) is 1.72. The average molecular weight is 401 g/mol. The number of carbonyl (C=O) groups excluding carboxylic acids is 1. The fraction of sp³-hybridized carbons (Fsp3) is 0.304. The van der Waals surface area contributed by atoms with Crippen molar-refractivity contribution in [3.05, 3.63) is 70.3 Å². The first kappa shape index (κ1) is 18.5. The first-order valence-electron chi connectivity index (χ1n) is 10.2. The molecule has 1 N–H and O–H groups in total. The highest BCUT2D eigenvalue weighted by Gasteiger charge is 2.23. The third kappa shape index (κ3) is 3.07. The molecule has 4 aromatic rings. The molecular formula is C23H23N5O2. The maximum absolute atomic E-state index is 13.1. The molecule has 7 nitrogen and oxygen atoms in total. The molecule has 5 rings (SSSR count). The number of imidazole rings is 2. The van der Waals surface area contributed by atoms with E-state index in [-0.39, 0.29) is 11.5 Å². The zero-order valence-electron chi connectivity index (χ0n) is 17.1. The molecule has 0 aliphatic carbocycles. The molecular weight excluding hydrogens is 378 g/mol. The van der Waals surface area contributed by atoms with Crippen LogP contribution in [0.5, 0.6) is 0 Å². The summed E-state index contributed by atoms with van der Waals surface area (Å²) in [6.45, 7) is 2.91. The third-order valence-electron chi connectivity index (χ3n) is 6.23. The second-order valence-electron chi connectivity index (χ2n) is 8.08. The van der Waals surface area contributed by atoms with Crippen molar-refractivity contribution in [2.45, 2.75) is 32.7 Å². The van der Waals surface area contributed by atoms with E-state index >= 15 is 0 Å². The second-order valence-corrected chi connectivity index (χ2v) is 8.08. The van der Waals surface area contributed by atoms with Crippen molar-refractivity contribution in [3.63, 3.8) is 0 Å². The summed E-state index contributed by atoms with van der Waals surface area (Å²) < 4.78 is 3.72. The number of ketones is 1. The molecule has 3 aromatic heterocycles. The van der Waals surface area contributed by atoms with E-state index in [1.54, 1.807) is 17.8 Å². The number of carbonyl (C=O) groups is 1. The maximum atomic E-state index is 13.1.